The van der Waals surface area contributed by atoms with E-state index in [1.807, 2.05) is 30.3 Å². The molecule has 0 atom stereocenters. The van der Waals surface area contributed by atoms with E-state index >= 15 is 0 Å². The number of rotatable bonds is 6. The van der Waals surface area contributed by atoms with Gasteiger partial charge in [0, 0.05) is 13.6 Å². The lowest BCUT2D eigenvalue weighted by Gasteiger charge is -2.27. The van der Waals surface area contributed by atoms with Gasteiger partial charge in [-0.1, -0.05) is 55.3 Å². The number of halogens is 1. The summed E-state index contributed by atoms with van der Waals surface area (Å²) in [4.78, 5) is 26.7. The molecule has 0 aromatic heterocycles. The predicted octanol–water partition coefficient (Wildman–Crippen LogP) is 3.84. The Morgan fingerprint density at radius 1 is 1.07 bits per heavy atom. The van der Waals surface area contributed by atoms with E-state index in [2.05, 4.69) is 0 Å². The first-order valence-electron chi connectivity index (χ1n) is 9.22. The van der Waals surface area contributed by atoms with Crippen LogP contribution in [-0.4, -0.2) is 30.4 Å². The Labute approximate surface area is 158 Å². The molecular weight excluding hydrogens is 345 g/mol. The molecule has 5 heteroatoms. The molecule has 2 aromatic rings. The molecule has 0 N–H and O–H groups in total. The Hall–Kier alpha value is -2.69. The summed E-state index contributed by atoms with van der Waals surface area (Å²) in [5, 5.41) is 0. The van der Waals surface area contributed by atoms with Crippen molar-refractivity contribution in [1.29, 1.82) is 0 Å². The van der Waals surface area contributed by atoms with Crippen molar-refractivity contribution in [3.8, 4) is 0 Å². The summed E-state index contributed by atoms with van der Waals surface area (Å²) in [6.07, 6.45) is 2.99. The second kappa shape index (κ2) is 8.33. The highest BCUT2D eigenvalue weighted by Crippen LogP contribution is 2.42. The van der Waals surface area contributed by atoms with Gasteiger partial charge in [0.05, 0.1) is 5.41 Å². The second-order valence-corrected chi connectivity index (χ2v) is 7.11. The number of hydrogen-bond acceptors (Lipinski definition) is 3. The molecule has 1 aliphatic carbocycles. The van der Waals surface area contributed by atoms with Crippen LogP contribution < -0.4 is 0 Å². The van der Waals surface area contributed by atoms with Crippen molar-refractivity contribution < 1.29 is 18.7 Å². The average molecular weight is 369 g/mol. The van der Waals surface area contributed by atoms with E-state index in [1.165, 1.54) is 17.0 Å². The number of carbonyl (C=O) groups excluding carboxylic acids is 2. The molecule has 0 unspecified atom stereocenters. The molecule has 4 nitrogen and oxygen atoms in total. The minimum atomic E-state index is -0.847. The molecule has 0 bridgehead atoms. The van der Waals surface area contributed by atoms with E-state index in [4.69, 9.17) is 4.74 Å². The standard InChI is InChI=1S/C22H24FNO3/c1-24(15-17-8-3-2-4-9-17)20(25)16-27-21(26)22(12-5-6-13-22)18-10-7-11-19(23)14-18/h2-4,7-11,14H,5-6,12-13,15-16H2,1H3. The number of esters is 1. The van der Waals surface area contributed by atoms with Crippen molar-refractivity contribution in [2.24, 2.45) is 0 Å². The normalized spacial score (nSPS) is 15.3. The average Bonchev–Trinajstić information content (AvgIpc) is 3.18. The second-order valence-electron chi connectivity index (χ2n) is 7.11. The first-order chi connectivity index (χ1) is 13.0. The summed E-state index contributed by atoms with van der Waals surface area (Å²) in [7, 11) is 1.68. The SMILES string of the molecule is CN(Cc1ccccc1)C(=O)COC(=O)C1(c2cccc(F)c2)CCCC1. The van der Waals surface area contributed by atoms with Crippen LogP contribution in [0.4, 0.5) is 4.39 Å². The van der Waals surface area contributed by atoms with Crippen molar-refractivity contribution in [2.45, 2.75) is 37.6 Å². The van der Waals surface area contributed by atoms with Gasteiger partial charge >= 0.3 is 5.97 Å². The lowest BCUT2D eigenvalue weighted by Crippen LogP contribution is -2.38. The molecule has 142 valence electrons. The summed E-state index contributed by atoms with van der Waals surface area (Å²) in [5.41, 5.74) is 0.794. The molecule has 1 fully saturated rings. The van der Waals surface area contributed by atoms with Crippen LogP contribution in [-0.2, 0) is 26.3 Å². The highest BCUT2D eigenvalue weighted by Gasteiger charge is 2.44. The summed E-state index contributed by atoms with van der Waals surface area (Å²) in [6.45, 7) is 0.144. The minimum absolute atomic E-state index is 0.264. The Morgan fingerprint density at radius 3 is 2.44 bits per heavy atom. The van der Waals surface area contributed by atoms with Gasteiger partial charge in [0.1, 0.15) is 5.82 Å². The van der Waals surface area contributed by atoms with Gasteiger partial charge in [-0.15, -0.1) is 0 Å². The molecule has 1 aliphatic rings. The monoisotopic (exact) mass is 369 g/mol. The maximum Gasteiger partial charge on any atom is 0.317 e. The fourth-order valence-electron chi connectivity index (χ4n) is 3.70. The molecule has 1 saturated carbocycles. The lowest BCUT2D eigenvalue weighted by atomic mass is 9.79. The van der Waals surface area contributed by atoms with Crippen LogP contribution in [0.2, 0.25) is 0 Å². The molecule has 1 amide bonds. The molecule has 0 radical (unpaired) electrons. The number of amides is 1. The summed E-state index contributed by atoms with van der Waals surface area (Å²) >= 11 is 0. The Bertz CT molecular complexity index is 800. The molecule has 0 heterocycles. The highest BCUT2D eigenvalue weighted by atomic mass is 19.1. The first kappa shape index (κ1) is 19.1. The van der Waals surface area contributed by atoms with Crippen LogP contribution in [0, 0.1) is 5.82 Å². The molecular formula is C22H24FNO3. The number of benzene rings is 2. The van der Waals surface area contributed by atoms with E-state index in [0.717, 1.165) is 18.4 Å². The molecule has 0 spiro atoms. The summed E-state index contributed by atoms with van der Waals surface area (Å²) in [5.74, 6) is -1.07. The van der Waals surface area contributed by atoms with Gasteiger partial charge in [0.25, 0.3) is 5.91 Å². The number of hydrogen-bond donors (Lipinski definition) is 0. The first-order valence-corrected chi connectivity index (χ1v) is 9.22. The van der Waals surface area contributed by atoms with Crippen molar-refractivity contribution in [1.82, 2.24) is 4.90 Å². The fourth-order valence-corrected chi connectivity index (χ4v) is 3.70. The number of likely N-dealkylation sites (N-methyl/N-ethyl adjacent to an activating group) is 1. The van der Waals surface area contributed by atoms with E-state index in [0.29, 0.717) is 24.9 Å². The summed E-state index contributed by atoms with van der Waals surface area (Å²) < 4.78 is 19.1. The van der Waals surface area contributed by atoms with Gasteiger partial charge in [0.2, 0.25) is 0 Å². The zero-order valence-electron chi connectivity index (χ0n) is 15.5. The minimum Gasteiger partial charge on any atom is -0.455 e. The number of ether oxygens (including phenoxy) is 1. The zero-order valence-corrected chi connectivity index (χ0v) is 15.5. The van der Waals surface area contributed by atoms with Crippen LogP contribution in [0.25, 0.3) is 0 Å². The zero-order chi connectivity index (χ0) is 19.3. The third-order valence-corrected chi connectivity index (χ3v) is 5.24. The van der Waals surface area contributed by atoms with E-state index in [9.17, 15) is 14.0 Å². The van der Waals surface area contributed by atoms with Crippen molar-refractivity contribution in [3.63, 3.8) is 0 Å². The summed E-state index contributed by atoms with van der Waals surface area (Å²) in [6, 6.07) is 15.7. The lowest BCUT2D eigenvalue weighted by molar-refractivity contribution is -0.156. The Balaban J connectivity index is 1.64. The van der Waals surface area contributed by atoms with E-state index in [1.54, 1.807) is 19.2 Å². The van der Waals surface area contributed by atoms with Crippen LogP contribution in [0.3, 0.4) is 0 Å². The number of nitrogens with zero attached hydrogens (tertiary/aromatic N) is 1. The van der Waals surface area contributed by atoms with Gasteiger partial charge in [-0.2, -0.15) is 0 Å². The number of carbonyl (C=O) groups is 2. The Morgan fingerprint density at radius 2 is 1.78 bits per heavy atom. The van der Waals surface area contributed by atoms with Gasteiger partial charge in [0.15, 0.2) is 6.61 Å². The van der Waals surface area contributed by atoms with Crippen LogP contribution in [0.15, 0.2) is 54.6 Å². The largest absolute Gasteiger partial charge is 0.455 e. The van der Waals surface area contributed by atoms with Crippen LogP contribution in [0.1, 0.15) is 36.8 Å². The topological polar surface area (TPSA) is 46.6 Å². The fraction of sp³-hybridized carbons (Fsp3) is 0.364. The van der Waals surface area contributed by atoms with Crippen molar-refractivity contribution >= 4 is 11.9 Å². The smallest absolute Gasteiger partial charge is 0.317 e. The molecule has 0 aliphatic heterocycles. The molecule has 27 heavy (non-hydrogen) atoms. The third kappa shape index (κ3) is 4.35. The maximum atomic E-state index is 13.7. The molecule has 0 saturated heterocycles. The third-order valence-electron chi connectivity index (χ3n) is 5.24. The highest BCUT2D eigenvalue weighted by molar-refractivity contribution is 5.86. The van der Waals surface area contributed by atoms with Gasteiger partial charge in [-0.3, -0.25) is 9.59 Å². The predicted molar refractivity (Wildman–Crippen MR) is 100 cm³/mol. The maximum absolute atomic E-state index is 13.7. The quantitative estimate of drug-likeness (QED) is 0.727. The van der Waals surface area contributed by atoms with E-state index < -0.39 is 11.4 Å². The van der Waals surface area contributed by atoms with Crippen molar-refractivity contribution in [2.75, 3.05) is 13.7 Å². The Kier molecular flexibility index (Phi) is 5.89. The molecule has 2 aromatic carbocycles. The van der Waals surface area contributed by atoms with Gasteiger partial charge in [-0.25, -0.2) is 4.39 Å². The van der Waals surface area contributed by atoms with Crippen molar-refractivity contribution in [3.05, 3.63) is 71.5 Å². The molecule has 3 rings (SSSR count). The van der Waals surface area contributed by atoms with Gasteiger partial charge in [-0.05, 0) is 36.1 Å². The van der Waals surface area contributed by atoms with Crippen LogP contribution >= 0.6 is 0 Å². The van der Waals surface area contributed by atoms with E-state index in [-0.39, 0.29) is 18.3 Å². The van der Waals surface area contributed by atoms with Crippen LogP contribution in [0.5, 0.6) is 0 Å². The van der Waals surface area contributed by atoms with Gasteiger partial charge < -0.3 is 9.64 Å².